The van der Waals surface area contributed by atoms with Crippen LogP contribution in [0.15, 0.2) is 48.5 Å². The molecule has 102 valence electrons. The number of fused-ring (bicyclic) bond motifs is 1. The van der Waals surface area contributed by atoms with Gasteiger partial charge in [0, 0.05) is 5.69 Å². The zero-order valence-electron chi connectivity index (χ0n) is 10.9. The van der Waals surface area contributed by atoms with Crippen molar-refractivity contribution in [3.8, 4) is 0 Å². The van der Waals surface area contributed by atoms with Gasteiger partial charge in [0.15, 0.2) is 0 Å². The number of halogens is 1. The lowest BCUT2D eigenvalue weighted by Crippen LogP contribution is -2.46. The Morgan fingerprint density at radius 1 is 1.15 bits per heavy atom. The van der Waals surface area contributed by atoms with Gasteiger partial charge < -0.3 is 11.1 Å². The number of primary amides is 1. The summed E-state index contributed by atoms with van der Waals surface area (Å²) in [7, 11) is 0. The molecule has 0 spiro atoms. The Hall–Kier alpha value is -2.36. The lowest BCUT2D eigenvalue weighted by molar-refractivity contribution is -0.122. The average Bonchev–Trinajstić information content (AvgIpc) is 2.82. The third-order valence-corrected chi connectivity index (χ3v) is 3.87. The molecule has 20 heavy (non-hydrogen) atoms. The largest absolute Gasteiger partial charge is 0.368 e. The first-order chi connectivity index (χ1) is 9.62. The lowest BCUT2D eigenvalue weighted by atomic mass is 9.90. The van der Waals surface area contributed by atoms with Gasteiger partial charge in [-0.2, -0.15) is 0 Å². The Morgan fingerprint density at radius 2 is 1.85 bits per heavy atom. The van der Waals surface area contributed by atoms with Gasteiger partial charge in [-0.3, -0.25) is 4.79 Å². The minimum absolute atomic E-state index is 0.310. The van der Waals surface area contributed by atoms with Crippen molar-refractivity contribution in [2.45, 2.75) is 18.4 Å². The van der Waals surface area contributed by atoms with Crippen molar-refractivity contribution in [3.63, 3.8) is 0 Å². The number of carbonyl (C=O) groups excluding carboxylic acids is 1. The van der Waals surface area contributed by atoms with Gasteiger partial charge in [0.2, 0.25) is 5.91 Å². The van der Waals surface area contributed by atoms with Crippen LogP contribution in [0.3, 0.4) is 0 Å². The molecule has 2 aromatic carbocycles. The summed E-state index contributed by atoms with van der Waals surface area (Å²) in [6.45, 7) is 0. The summed E-state index contributed by atoms with van der Waals surface area (Å²) in [6, 6.07) is 13.7. The Kier molecular flexibility index (Phi) is 2.93. The van der Waals surface area contributed by atoms with Crippen LogP contribution >= 0.6 is 0 Å². The van der Waals surface area contributed by atoms with Gasteiger partial charge in [-0.1, -0.05) is 24.3 Å². The molecule has 3 nitrogen and oxygen atoms in total. The van der Waals surface area contributed by atoms with E-state index in [1.165, 1.54) is 12.1 Å². The van der Waals surface area contributed by atoms with Crippen LogP contribution in [0.2, 0.25) is 0 Å². The molecule has 2 aromatic rings. The maximum Gasteiger partial charge on any atom is 0.247 e. The van der Waals surface area contributed by atoms with E-state index in [1.807, 2.05) is 24.3 Å². The Morgan fingerprint density at radius 3 is 2.55 bits per heavy atom. The molecule has 3 rings (SSSR count). The summed E-state index contributed by atoms with van der Waals surface area (Å²) in [6.07, 6.45) is 1.41. The van der Waals surface area contributed by atoms with Gasteiger partial charge in [0.25, 0.3) is 0 Å². The maximum absolute atomic E-state index is 13.0. The van der Waals surface area contributed by atoms with Crippen LogP contribution in [-0.2, 0) is 16.8 Å². The molecule has 0 saturated carbocycles. The van der Waals surface area contributed by atoms with Crippen LogP contribution in [0, 0.1) is 5.82 Å². The predicted octanol–water partition coefficient (Wildman–Crippen LogP) is 2.56. The number of rotatable bonds is 3. The smallest absolute Gasteiger partial charge is 0.247 e. The highest BCUT2D eigenvalue weighted by molar-refractivity contribution is 5.90. The molecule has 1 atom stereocenters. The van der Waals surface area contributed by atoms with Crippen molar-refractivity contribution in [2.24, 2.45) is 5.73 Å². The fourth-order valence-electron chi connectivity index (χ4n) is 2.84. The number of amides is 1. The summed E-state index contributed by atoms with van der Waals surface area (Å²) in [5, 5.41) is 3.20. The predicted molar refractivity (Wildman–Crippen MR) is 75.7 cm³/mol. The first-order valence-electron chi connectivity index (χ1n) is 6.54. The van der Waals surface area contributed by atoms with Crippen molar-refractivity contribution in [1.29, 1.82) is 0 Å². The molecule has 0 aromatic heterocycles. The molecule has 0 saturated heterocycles. The molecular weight excluding hydrogens is 255 g/mol. The first kappa shape index (κ1) is 12.7. The van der Waals surface area contributed by atoms with Crippen LogP contribution in [0.25, 0.3) is 0 Å². The zero-order valence-corrected chi connectivity index (χ0v) is 10.9. The van der Waals surface area contributed by atoms with Crippen molar-refractivity contribution < 1.29 is 9.18 Å². The Bertz CT molecular complexity index is 654. The summed E-state index contributed by atoms with van der Waals surface area (Å²) >= 11 is 0. The number of nitrogens with two attached hydrogens (primary N) is 1. The van der Waals surface area contributed by atoms with Crippen LogP contribution in [0.5, 0.6) is 0 Å². The SMILES string of the molecule is NC(=O)C1(Nc2ccc(F)cc2)CCc2ccccc21. The molecule has 3 N–H and O–H groups in total. The standard InChI is InChI=1S/C16H15FN2O/c17-12-5-7-13(8-6-12)19-16(15(18)20)10-9-11-3-1-2-4-14(11)16/h1-8,19H,9-10H2,(H2,18,20). The van der Waals surface area contributed by atoms with Gasteiger partial charge in [-0.15, -0.1) is 0 Å². The number of anilines is 1. The first-order valence-corrected chi connectivity index (χ1v) is 6.54. The number of hydrogen-bond acceptors (Lipinski definition) is 2. The van der Waals surface area contributed by atoms with Crippen molar-refractivity contribution >= 4 is 11.6 Å². The Balaban J connectivity index is 2.02. The molecule has 1 aliphatic rings. The molecule has 0 fully saturated rings. The summed E-state index contributed by atoms with van der Waals surface area (Å²) in [4.78, 5) is 12.0. The van der Waals surface area contributed by atoms with E-state index in [0.717, 1.165) is 17.5 Å². The van der Waals surface area contributed by atoms with E-state index in [1.54, 1.807) is 12.1 Å². The molecular formula is C16H15FN2O. The molecule has 0 heterocycles. The van der Waals surface area contributed by atoms with E-state index >= 15 is 0 Å². The number of carbonyl (C=O) groups is 1. The molecule has 1 aliphatic carbocycles. The molecule has 0 bridgehead atoms. The highest BCUT2D eigenvalue weighted by Crippen LogP contribution is 2.39. The monoisotopic (exact) mass is 270 g/mol. The van der Waals surface area contributed by atoms with Crippen molar-refractivity contribution in [3.05, 3.63) is 65.5 Å². The Labute approximate surface area is 116 Å². The van der Waals surface area contributed by atoms with Gasteiger partial charge in [0.1, 0.15) is 11.4 Å². The van der Waals surface area contributed by atoms with Crippen LogP contribution in [-0.4, -0.2) is 5.91 Å². The third kappa shape index (κ3) is 1.93. The van der Waals surface area contributed by atoms with E-state index in [9.17, 15) is 9.18 Å². The summed E-state index contributed by atoms with van der Waals surface area (Å²) in [5.74, 6) is -0.720. The molecule has 1 unspecified atom stereocenters. The van der Waals surface area contributed by atoms with Crippen LogP contribution in [0.4, 0.5) is 10.1 Å². The number of nitrogens with one attached hydrogen (secondary N) is 1. The van der Waals surface area contributed by atoms with Crippen LogP contribution in [0.1, 0.15) is 17.5 Å². The number of hydrogen-bond donors (Lipinski definition) is 2. The third-order valence-electron chi connectivity index (χ3n) is 3.87. The van der Waals surface area contributed by atoms with E-state index in [2.05, 4.69) is 5.32 Å². The second-order valence-corrected chi connectivity index (χ2v) is 5.06. The van der Waals surface area contributed by atoms with Gasteiger partial charge in [-0.05, 0) is 48.2 Å². The van der Waals surface area contributed by atoms with Crippen molar-refractivity contribution in [2.75, 3.05) is 5.32 Å². The summed E-state index contributed by atoms with van der Waals surface area (Å²) in [5.41, 5.74) is 7.46. The minimum Gasteiger partial charge on any atom is -0.368 e. The highest BCUT2D eigenvalue weighted by Gasteiger charge is 2.43. The van der Waals surface area contributed by atoms with E-state index < -0.39 is 11.4 Å². The number of benzene rings is 2. The molecule has 0 aliphatic heterocycles. The van der Waals surface area contributed by atoms with E-state index in [-0.39, 0.29) is 5.82 Å². The zero-order chi connectivity index (χ0) is 14.2. The van der Waals surface area contributed by atoms with Gasteiger partial charge in [-0.25, -0.2) is 4.39 Å². The molecule has 4 heteroatoms. The lowest BCUT2D eigenvalue weighted by Gasteiger charge is -2.29. The molecule has 1 amide bonds. The second-order valence-electron chi connectivity index (χ2n) is 5.06. The molecule has 0 radical (unpaired) electrons. The minimum atomic E-state index is -0.908. The maximum atomic E-state index is 13.0. The quantitative estimate of drug-likeness (QED) is 0.900. The average molecular weight is 270 g/mol. The topological polar surface area (TPSA) is 55.1 Å². The van der Waals surface area contributed by atoms with Crippen LogP contribution < -0.4 is 11.1 Å². The fraction of sp³-hybridized carbons (Fsp3) is 0.188. The van der Waals surface area contributed by atoms with E-state index in [0.29, 0.717) is 12.1 Å². The van der Waals surface area contributed by atoms with Crippen molar-refractivity contribution in [1.82, 2.24) is 0 Å². The van der Waals surface area contributed by atoms with Gasteiger partial charge >= 0.3 is 0 Å². The fourth-order valence-corrected chi connectivity index (χ4v) is 2.84. The number of aryl methyl sites for hydroxylation is 1. The highest BCUT2D eigenvalue weighted by atomic mass is 19.1. The van der Waals surface area contributed by atoms with E-state index in [4.69, 9.17) is 5.73 Å². The normalized spacial score (nSPS) is 20.4. The van der Waals surface area contributed by atoms with Gasteiger partial charge in [0.05, 0.1) is 0 Å². The second kappa shape index (κ2) is 4.63. The summed E-state index contributed by atoms with van der Waals surface area (Å²) < 4.78 is 13.0.